The van der Waals surface area contributed by atoms with Crippen molar-refractivity contribution in [3.63, 3.8) is 0 Å². The van der Waals surface area contributed by atoms with Gasteiger partial charge in [-0.3, -0.25) is 0 Å². The second-order valence-electron chi connectivity index (χ2n) is 3.93. The number of nitrogens with zero attached hydrogens (tertiary/aromatic N) is 4. The molecular weight excluding hydrogens is 216 g/mol. The molecule has 0 fully saturated rings. The SMILES string of the molecule is CCCCN(CCN)c1ncnc2nc[nH]c12. The molecule has 2 heterocycles. The highest BCUT2D eigenvalue weighted by Gasteiger charge is 2.12. The summed E-state index contributed by atoms with van der Waals surface area (Å²) < 4.78 is 0. The molecule has 0 unspecified atom stereocenters. The molecule has 17 heavy (non-hydrogen) atoms. The predicted octanol–water partition coefficient (Wildman–Crippen LogP) is 0.918. The molecule has 0 saturated carbocycles. The summed E-state index contributed by atoms with van der Waals surface area (Å²) >= 11 is 0. The van der Waals surface area contributed by atoms with Gasteiger partial charge in [-0.25, -0.2) is 15.0 Å². The van der Waals surface area contributed by atoms with E-state index in [0.717, 1.165) is 37.3 Å². The van der Waals surface area contributed by atoms with Gasteiger partial charge >= 0.3 is 0 Å². The van der Waals surface area contributed by atoms with Crippen LogP contribution in [0.5, 0.6) is 0 Å². The number of fused-ring (bicyclic) bond motifs is 1. The Bertz CT molecular complexity index is 466. The lowest BCUT2D eigenvalue weighted by Crippen LogP contribution is -2.31. The Morgan fingerprint density at radius 3 is 2.94 bits per heavy atom. The summed E-state index contributed by atoms with van der Waals surface area (Å²) in [6.07, 6.45) is 5.47. The van der Waals surface area contributed by atoms with Crippen molar-refractivity contribution in [1.29, 1.82) is 0 Å². The fraction of sp³-hybridized carbons (Fsp3) is 0.545. The van der Waals surface area contributed by atoms with Gasteiger partial charge in [0.2, 0.25) is 0 Å². The van der Waals surface area contributed by atoms with Crippen molar-refractivity contribution in [2.75, 3.05) is 24.5 Å². The van der Waals surface area contributed by atoms with E-state index < -0.39 is 0 Å². The average Bonchev–Trinajstić information content (AvgIpc) is 2.82. The maximum atomic E-state index is 5.65. The molecule has 0 radical (unpaired) electrons. The maximum absolute atomic E-state index is 5.65. The van der Waals surface area contributed by atoms with Gasteiger partial charge in [-0.2, -0.15) is 0 Å². The standard InChI is InChI=1S/C11H18N6/c1-2-3-5-17(6-4-12)11-9-10(14-7-13-9)15-8-16-11/h7-8H,2-6,12H2,1H3,(H,13,14,15,16). The van der Waals surface area contributed by atoms with Crippen LogP contribution in [0.3, 0.4) is 0 Å². The third kappa shape index (κ3) is 2.52. The predicted molar refractivity (Wildman–Crippen MR) is 67.9 cm³/mol. The van der Waals surface area contributed by atoms with Crippen molar-refractivity contribution in [1.82, 2.24) is 19.9 Å². The van der Waals surface area contributed by atoms with Crippen LogP contribution in [-0.4, -0.2) is 39.6 Å². The first-order valence-corrected chi connectivity index (χ1v) is 5.96. The van der Waals surface area contributed by atoms with E-state index in [1.807, 2.05) is 0 Å². The second kappa shape index (κ2) is 5.58. The number of nitrogens with one attached hydrogen (secondary N) is 1. The number of anilines is 1. The van der Waals surface area contributed by atoms with Gasteiger partial charge in [0, 0.05) is 19.6 Å². The number of nitrogens with two attached hydrogens (primary N) is 1. The molecule has 0 aliphatic rings. The lowest BCUT2D eigenvalue weighted by molar-refractivity contribution is 0.709. The van der Waals surface area contributed by atoms with Crippen LogP contribution in [0.15, 0.2) is 12.7 Å². The second-order valence-corrected chi connectivity index (χ2v) is 3.93. The van der Waals surface area contributed by atoms with Crippen molar-refractivity contribution in [2.45, 2.75) is 19.8 Å². The molecule has 2 aromatic rings. The van der Waals surface area contributed by atoms with Crippen LogP contribution in [-0.2, 0) is 0 Å². The van der Waals surface area contributed by atoms with E-state index in [4.69, 9.17) is 5.73 Å². The summed E-state index contributed by atoms with van der Waals surface area (Å²) in [5, 5.41) is 0. The van der Waals surface area contributed by atoms with Crippen molar-refractivity contribution in [2.24, 2.45) is 5.73 Å². The van der Waals surface area contributed by atoms with Crippen molar-refractivity contribution >= 4 is 17.0 Å². The Morgan fingerprint density at radius 2 is 2.18 bits per heavy atom. The highest BCUT2D eigenvalue weighted by Crippen LogP contribution is 2.19. The van der Waals surface area contributed by atoms with Gasteiger partial charge < -0.3 is 15.6 Å². The Hall–Kier alpha value is -1.69. The van der Waals surface area contributed by atoms with E-state index in [-0.39, 0.29) is 0 Å². The van der Waals surface area contributed by atoms with E-state index in [9.17, 15) is 0 Å². The summed E-state index contributed by atoms with van der Waals surface area (Å²) in [5.41, 5.74) is 7.24. The van der Waals surface area contributed by atoms with Crippen molar-refractivity contribution in [3.05, 3.63) is 12.7 Å². The lowest BCUT2D eigenvalue weighted by Gasteiger charge is -2.22. The number of aromatic amines is 1. The molecule has 3 N–H and O–H groups in total. The maximum Gasteiger partial charge on any atom is 0.182 e. The molecule has 6 nitrogen and oxygen atoms in total. The molecule has 6 heteroatoms. The van der Waals surface area contributed by atoms with E-state index >= 15 is 0 Å². The highest BCUT2D eigenvalue weighted by atomic mass is 15.2. The quantitative estimate of drug-likeness (QED) is 0.776. The first kappa shape index (κ1) is 11.8. The molecule has 92 valence electrons. The normalized spacial score (nSPS) is 10.9. The summed E-state index contributed by atoms with van der Waals surface area (Å²) in [6, 6.07) is 0. The minimum atomic E-state index is 0.614. The van der Waals surface area contributed by atoms with Gasteiger partial charge in [-0.05, 0) is 6.42 Å². The third-order valence-corrected chi connectivity index (χ3v) is 2.68. The molecule has 0 aliphatic heterocycles. The van der Waals surface area contributed by atoms with Crippen LogP contribution in [0.1, 0.15) is 19.8 Å². The van der Waals surface area contributed by atoms with E-state index in [2.05, 4.69) is 31.8 Å². The number of hydrogen-bond donors (Lipinski definition) is 2. The largest absolute Gasteiger partial charge is 0.353 e. The average molecular weight is 234 g/mol. The Morgan fingerprint density at radius 1 is 1.29 bits per heavy atom. The topological polar surface area (TPSA) is 83.7 Å². The van der Waals surface area contributed by atoms with Gasteiger partial charge in [0.25, 0.3) is 0 Å². The molecule has 0 atom stereocenters. The van der Waals surface area contributed by atoms with Gasteiger partial charge in [-0.1, -0.05) is 13.3 Å². The third-order valence-electron chi connectivity index (χ3n) is 2.68. The Labute approximate surface area is 100 Å². The minimum Gasteiger partial charge on any atom is -0.353 e. The van der Waals surface area contributed by atoms with Crippen molar-refractivity contribution in [3.8, 4) is 0 Å². The lowest BCUT2D eigenvalue weighted by atomic mass is 10.3. The summed E-state index contributed by atoms with van der Waals surface area (Å²) in [7, 11) is 0. The highest BCUT2D eigenvalue weighted by molar-refractivity contribution is 5.82. The zero-order valence-corrected chi connectivity index (χ0v) is 10.1. The number of aromatic nitrogens is 4. The zero-order valence-electron chi connectivity index (χ0n) is 10.1. The molecule has 0 aromatic carbocycles. The van der Waals surface area contributed by atoms with Crippen LogP contribution in [0.2, 0.25) is 0 Å². The fourth-order valence-corrected chi connectivity index (χ4v) is 1.82. The summed E-state index contributed by atoms with van der Waals surface area (Å²) in [4.78, 5) is 17.9. The van der Waals surface area contributed by atoms with Crippen LogP contribution >= 0.6 is 0 Å². The molecule has 2 rings (SSSR count). The molecular formula is C11H18N6. The number of hydrogen-bond acceptors (Lipinski definition) is 5. The van der Waals surface area contributed by atoms with Gasteiger partial charge in [0.05, 0.1) is 6.33 Å². The van der Waals surface area contributed by atoms with Crippen molar-refractivity contribution < 1.29 is 0 Å². The van der Waals surface area contributed by atoms with Crippen LogP contribution in [0.25, 0.3) is 11.2 Å². The van der Waals surface area contributed by atoms with E-state index in [1.54, 1.807) is 12.7 Å². The molecule has 0 amide bonds. The smallest absolute Gasteiger partial charge is 0.182 e. The first-order chi connectivity index (χ1) is 8.36. The number of H-pyrrole nitrogens is 1. The van der Waals surface area contributed by atoms with Crippen LogP contribution in [0, 0.1) is 0 Å². The minimum absolute atomic E-state index is 0.614. The zero-order chi connectivity index (χ0) is 12.1. The molecule has 2 aromatic heterocycles. The van der Waals surface area contributed by atoms with E-state index in [1.165, 1.54) is 0 Å². The molecule has 0 spiro atoms. The monoisotopic (exact) mass is 234 g/mol. The number of unbranched alkanes of at least 4 members (excludes halogenated alkanes) is 1. The van der Waals surface area contributed by atoms with Crippen LogP contribution < -0.4 is 10.6 Å². The summed E-state index contributed by atoms with van der Waals surface area (Å²) in [5.74, 6) is 0.895. The van der Waals surface area contributed by atoms with Gasteiger partial charge in [-0.15, -0.1) is 0 Å². The Balaban J connectivity index is 2.30. The fourth-order valence-electron chi connectivity index (χ4n) is 1.82. The number of imidazole rings is 1. The van der Waals surface area contributed by atoms with Crippen LogP contribution in [0.4, 0.5) is 5.82 Å². The molecule has 0 saturated heterocycles. The molecule has 0 aliphatic carbocycles. The van der Waals surface area contributed by atoms with E-state index in [0.29, 0.717) is 12.2 Å². The first-order valence-electron chi connectivity index (χ1n) is 5.96. The number of rotatable bonds is 6. The van der Waals surface area contributed by atoms with Gasteiger partial charge in [0.1, 0.15) is 11.8 Å². The van der Waals surface area contributed by atoms with Gasteiger partial charge in [0.15, 0.2) is 11.5 Å². The Kier molecular flexibility index (Phi) is 3.87. The summed E-state index contributed by atoms with van der Waals surface area (Å²) in [6.45, 7) is 4.54. The molecule has 0 bridgehead atoms.